The van der Waals surface area contributed by atoms with E-state index in [9.17, 15) is 0 Å². The number of benzene rings is 1. The quantitative estimate of drug-likeness (QED) is 0.819. The van der Waals surface area contributed by atoms with E-state index in [0.717, 1.165) is 30.8 Å². The molecule has 1 aromatic carbocycles. The van der Waals surface area contributed by atoms with Gasteiger partial charge in [-0.25, -0.2) is 0 Å². The van der Waals surface area contributed by atoms with E-state index in [0.29, 0.717) is 6.04 Å². The standard InChI is InChI=1S/C13H15N3/c14-11-7-16(8-11)9-12-6-5-10-3-1-2-4-13(10)15-12/h1-6,11H,7-9,14H2. The molecule has 0 spiro atoms. The molecule has 2 aromatic rings. The highest BCUT2D eigenvalue weighted by Gasteiger charge is 2.22. The van der Waals surface area contributed by atoms with Crippen LogP contribution in [0.15, 0.2) is 36.4 Å². The molecule has 0 saturated carbocycles. The van der Waals surface area contributed by atoms with Gasteiger partial charge in [0.1, 0.15) is 0 Å². The van der Waals surface area contributed by atoms with E-state index in [4.69, 9.17) is 5.73 Å². The van der Waals surface area contributed by atoms with Crippen LogP contribution in [0, 0.1) is 0 Å². The molecule has 2 heterocycles. The molecule has 1 fully saturated rings. The average molecular weight is 213 g/mol. The Morgan fingerprint density at radius 1 is 1.19 bits per heavy atom. The highest BCUT2D eigenvalue weighted by atomic mass is 15.2. The highest BCUT2D eigenvalue weighted by molar-refractivity contribution is 5.78. The van der Waals surface area contributed by atoms with Gasteiger partial charge in [0.25, 0.3) is 0 Å². The molecule has 3 heteroatoms. The number of pyridine rings is 1. The molecule has 0 unspecified atom stereocenters. The number of hydrogen-bond donors (Lipinski definition) is 1. The van der Waals surface area contributed by atoms with Crippen LogP contribution in [0.2, 0.25) is 0 Å². The van der Waals surface area contributed by atoms with Gasteiger partial charge in [-0.2, -0.15) is 0 Å². The van der Waals surface area contributed by atoms with Gasteiger partial charge >= 0.3 is 0 Å². The average Bonchev–Trinajstić information content (AvgIpc) is 2.27. The fraction of sp³-hybridized carbons (Fsp3) is 0.308. The predicted molar refractivity (Wildman–Crippen MR) is 65.0 cm³/mol. The van der Waals surface area contributed by atoms with Crippen molar-refractivity contribution in [3.05, 3.63) is 42.1 Å². The molecule has 16 heavy (non-hydrogen) atoms. The minimum atomic E-state index is 0.362. The Labute approximate surface area is 94.9 Å². The molecule has 2 N–H and O–H groups in total. The summed E-state index contributed by atoms with van der Waals surface area (Å²) in [5.41, 5.74) is 7.96. The van der Waals surface area contributed by atoms with Gasteiger partial charge in [-0.15, -0.1) is 0 Å². The molecular weight excluding hydrogens is 198 g/mol. The van der Waals surface area contributed by atoms with E-state index in [1.54, 1.807) is 0 Å². The first-order chi connectivity index (χ1) is 7.81. The van der Waals surface area contributed by atoms with Crippen LogP contribution in [-0.4, -0.2) is 29.0 Å². The summed E-state index contributed by atoms with van der Waals surface area (Å²) in [6.45, 7) is 2.90. The third-order valence-corrected chi connectivity index (χ3v) is 3.03. The first-order valence-corrected chi connectivity index (χ1v) is 5.64. The first kappa shape index (κ1) is 9.75. The van der Waals surface area contributed by atoms with Crippen LogP contribution in [0.5, 0.6) is 0 Å². The SMILES string of the molecule is NC1CN(Cc2ccc3ccccc3n2)C1. The Bertz CT molecular complexity index is 503. The van der Waals surface area contributed by atoms with E-state index in [1.165, 1.54) is 5.39 Å². The fourth-order valence-electron chi connectivity index (χ4n) is 2.16. The summed E-state index contributed by atoms with van der Waals surface area (Å²) in [6.07, 6.45) is 0. The van der Waals surface area contributed by atoms with Gasteiger partial charge < -0.3 is 5.73 Å². The van der Waals surface area contributed by atoms with E-state index >= 15 is 0 Å². The van der Waals surface area contributed by atoms with Gasteiger partial charge in [-0.3, -0.25) is 9.88 Å². The Balaban J connectivity index is 1.82. The number of fused-ring (bicyclic) bond motifs is 1. The van der Waals surface area contributed by atoms with Crippen LogP contribution in [0.4, 0.5) is 0 Å². The van der Waals surface area contributed by atoms with Crippen molar-refractivity contribution in [2.75, 3.05) is 13.1 Å². The monoisotopic (exact) mass is 213 g/mol. The number of rotatable bonds is 2. The normalized spacial score (nSPS) is 17.6. The van der Waals surface area contributed by atoms with Crippen molar-refractivity contribution >= 4 is 10.9 Å². The van der Waals surface area contributed by atoms with Crippen molar-refractivity contribution < 1.29 is 0 Å². The molecule has 1 aromatic heterocycles. The smallest absolute Gasteiger partial charge is 0.0705 e. The van der Waals surface area contributed by atoms with Gasteiger partial charge in [-0.05, 0) is 12.1 Å². The number of para-hydroxylation sites is 1. The number of hydrogen-bond acceptors (Lipinski definition) is 3. The third-order valence-electron chi connectivity index (χ3n) is 3.03. The fourth-order valence-corrected chi connectivity index (χ4v) is 2.16. The molecule has 1 aliphatic rings. The van der Waals surface area contributed by atoms with E-state index in [-0.39, 0.29) is 0 Å². The van der Waals surface area contributed by atoms with Crippen LogP contribution in [0.1, 0.15) is 5.69 Å². The summed E-state index contributed by atoms with van der Waals surface area (Å²) in [6, 6.07) is 12.8. The molecule has 0 bridgehead atoms. The second kappa shape index (κ2) is 3.85. The van der Waals surface area contributed by atoms with Gasteiger partial charge in [0, 0.05) is 31.1 Å². The lowest BCUT2D eigenvalue weighted by Gasteiger charge is -2.36. The van der Waals surface area contributed by atoms with Gasteiger partial charge in [0.2, 0.25) is 0 Å². The molecule has 0 atom stereocenters. The molecule has 1 aliphatic heterocycles. The Morgan fingerprint density at radius 3 is 2.81 bits per heavy atom. The molecule has 0 amide bonds. The molecule has 0 radical (unpaired) electrons. The molecule has 3 rings (SSSR count). The van der Waals surface area contributed by atoms with Crippen LogP contribution < -0.4 is 5.73 Å². The first-order valence-electron chi connectivity index (χ1n) is 5.64. The minimum Gasteiger partial charge on any atom is -0.325 e. The summed E-state index contributed by atoms with van der Waals surface area (Å²) in [5, 5.41) is 1.20. The van der Waals surface area contributed by atoms with Crippen molar-refractivity contribution in [3.8, 4) is 0 Å². The predicted octanol–water partition coefficient (Wildman–Crippen LogP) is 1.38. The van der Waals surface area contributed by atoms with Crippen LogP contribution >= 0.6 is 0 Å². The van der Waals surface area contributed by atoms with Crippen LogP contribution in [-0.2, 0) is 6.54 Å². The van der Waals surface area contributed by atoms with E-state index < -0.39 is 0 Å². The van der Waals surface area contributed by atoms with Crippen molar-refractivity contribution in [2.24, 2.45) is 5.73 Å². The Kier molecular flexibility index (Phi) is 2.35. The van der Waals surface area contributed by atoms with Crippen molar-refractivity contribution in [1.29, 1.82) is 0 Å². The van der Waals surface area contributed by atoms with Gasteiger partial charge in [-0.1, -0.05) is 24.3 Å². The second-order valence-electron chi connectivity index (χ2n) is 4.45. The number of nitrogens with two attached hydrogens (primary N) is 1. The highest BCUT2D eigenvalue weighted by Crippen LogP contribution is 2.15. The maximum atomic E-state index is 5.75. The maximum Gasteiger partial charge on any atom is 0.0705 e. The molecule has 3 nitrogen and oxygen atoms in total. The summed E-state index contributed by atoms with van der Waals surface area (Å²) in [7, 11) is 0. The number of aromatic nitrogens is 1. The molecule has 0 aliphatic carbocycles. The largest absolute Gasteiger partial charge is 0.325 e. The Morgan fingerprint density at radius 2 is 2.00 bits per heavy atom. The lowest BCUT2D eigenvalue weighted by atomic mass is 10.1. The third kappa shape index (κ3) is 1.79. The topological polar surface area (TPSA) is 42.1 Å². The van der Waals surface area contributed by atoms with E-state index in [2.05, 4.69) is 34.1 Å². The van der Waals surface area contributed by atoms with Crippen molar-refractivity contribution in [2.45, 2.75) is 12.6 Å². The van der Waals surface area contributed by atoms with Crippen LogP contribution in [0.3, 0.4) is 0 Å². The minimum absolute atomic E-state index is 0.362. The van der Waals surface area contributed by atoms with Crippen LogP contribution in [0.25, 0.3) is 10.9 Å². The lowest BCUT2D eigenvalue weighted by Crippen LogP contribution is -2.54. The molecule has 1 saturated heterocycles. The Hall–Kier alpha value is -1.45. The zero-order valence-corrected chi connectivity index (χ0v) is 9.13. The summed E-state index contributed by atoms with van der Waals surface area (Å²) < 4.78 is 0. The van der Waals surface area contributed by atoms with E-state index in [1.807, 2.05) is 12.1 Å². The number of nitrogens with zero attached hydrogens (tertiary/aromatic N) is 2. The molecular formula is C13H15N3. The van der Waals surface area contributed by atoms with Crippen molar-refractivity contribution in [1.82, 2.24) is 9.88 Å². The zero-order chi connectivity index (χ0) is 11.0. The van der Waals surface area contributed by atoms with Crippen molar-refractivity contribution in [3.63, 3.8) is 0 Å². The molecule has 82 valence electrons. The zero-order valence-electron chi connectivity index (χ0n) is 9.13. The lowest BCUT2D eigenvalue weighted by molar-refractivity contribution is 0.141. The second-order valence-corrected chi connectivity index (χ2v) is 4.45. The van der Waals surface area contributed by atoms with Gasteiger partial charge in [0.05, 0.1) is 11.2 Å². The number of likely N-dealkylation sites (tertiary alicyclic amines) is 1. The summed E-state index contributed by atoms with van der Waals surface area (Å²) >= 11 is 0. The maximum absolute atomic E-state index is 5.75. The van der Waals surface area contributed by atoms with Gasteiger partial charge in [0.15, 0.2) is 0 Å². The summed E-state index contributed by atoms with van der Waals surface area (Å²) in [4.78, 5) is 6.96. The summed E-state index contributed by atoms with van der Waals surface area (Å²) in [5.74, 6) is 0.